The minimum Gasteiger partial charge on any atom is -0.486 e. The molecule has 5 aromatic rings. The number of rotatable bonds is 4. The third-order valence-electron chi connectivity index (χ3n) is 6.01. The molecule has 9 nitrogen and oxygen atoms in total. The van der Waals surface area contributed by atoms with Crippen molar-refractivity contribution in [2.45, 2.75) is 13.3 Å². The first-order chi connectivity index (χ1) is 17.1. The van der Waals surface area contributed by atoms with Gasteiger partial charge >= 0.3 is 0 Å². The summed E-state index contributed by atoms with van der Waals surface area (Å²) >= 11 is 0. The van der Waals surface area contributed by atoms with Crippen molar-refractivity contribution in [3.63, 3.8) is 0 Å². The molecule has 0 fully saturated rings. The molecule has 0 saturated heterocycles. The second kappa shape index (κ2) is 8.28. The van der Waals surface area contributed by atoms with E-state index in [4.69, 9.17) is 14.6 Å². The van der Waals surface area contributed by atoms with Crippen molar-refractivity contribution < 1.29 is 14.3 Å². The van der Waals surface area contributed by atoms with Crippen LogP contribution in [-0.2, 0) is 6.42 Å². The first-order valence-corrected chi connectivity index (χ1v) is 11.3. The van der Waals surface area contributed by atoms with Crippen molar-refractivity contribution in [2.24, 2.45) is 0 Å². The quantitative estimate of drug-likeness (QED) is 0.435. The molecule has 0 atom stereocenters. The highest BCUT2D eigenvalue weighted by atomic mass is 16.6. The van der Waals surface area contributed by atoms with Crippen LogP contribution >= 0.6 is 0 Å². The van der Waals surface area contributed by atoms with Crippen LogP contribution in [0.5, 0.6) is 11.5 Å². The van der Waals surface area contributed by atoms with E-state index in [9.17, 15) is 9.59 Å². The zero-order valence-electron chi connectivity index (χ0n) is 18.9. The molecule has 4 heterocycles. The van der Waals surface area contributed by atoms with E-state index in [2.05, 4.69) is 10.4 Å². The van der Waals surface area contributed by atoms with Gasteiger partial charge in [-0.15, -0.1) is 0 Å². The number of hydrogen-bond donors (Lipinski definition) is 1. The summed E-state index contributed by atoms with van der Waals surface area (Å²) in [6, 6.07) is 16.6. The van der Waals surface area contributed by atoms with Crippen molar-refractivity contribution in [1.29, 1.82) is 0 Å². The van der Waals surface area contributed by atoms with E-state index in [-0.39, 0.29) is 0 Å². The topological polar surface area (TPSA) is 99.8 Å². The highest BCUT2D eigenvalue weighted by Crippen LogP contribution is 2.31. The molecule has 6 rings (SSSR count). The van der Waals surface area contributed by atoms with Gasteiger partial charge in [-0.2, -0.15) is 5.10 Å². The molecular weight excluding hydrogens is 446 g/mol. The lowest BCUT2D eigenvalue weighted by atomic mass is 10.0. The van der Waals surface area contributed by atoms with E-state index < -0.39 is 11.5 Å². The summed E-state index contributed by atoms with van der Waals surface area (Å²) in [5.74, 6) is 0.642. The molecule has 1 N–H and O–H groups in total. The zero-order valence-corrected chi connectivity index (χ0v) is 18.9. The Morgan fingerprint density at radius 1 is 1.06 bits per heavy atom. The predicted octanol–water partition coefficient (Wildman–Crippen LogP) is 3.43. The Labute approximate surface area is 199 Å². The normalized spacial score (nSPS) is 12.7. The van der Waals surface area contributed by atoms with E-state index in [1.54, 1.807) is 28.8 Å². The Morgan fingerprint density at radius 2 is 1.86 bits per heavy atom. The molecule has 1 aliphatic rings. The Balaban J connectivity index is 1.40. The first-order valence-electron chi connectivity index (χ1n) is 11.3. The Kier molecular flexibility index (Phi) is 4.95. The van der Waals surface area contributed by atoms with Gasteiger partial charge in [-0.1, -0.05) is 37.3 Å². The van der Waals surface area contributed by atoms with Gasteiger partial charge in [0.15, 0.2) is 17.1 Å². The SMILES string of the molecule is CCc1nn2c(ncc3c(=O)n(NC(=O)c4ccc5c(c4)OCCO5)ccc32)c1-c1ccccc1. The summed E-state index contributed by atoms with van der Waals surface area (Å²) in [5.41, 5.74) is 6.74. The number of carbonyl (C=O) groups excluding carboxylic acids is 1. The fraction of sp³-hybridized carbons (Fsp3) is 0.154. The van der Waals surface area contributed by atoms with Crippen LogP contribution in [0.3, 0.4) is 0 Å². The highest BCUT2D eigenvalue weighted by molar-refractivity contribution is 6.00. The van der Waals surface area contributed by atoms with Crippen molar-refractivity contribution in [3.05, 3.63) is 88.6 Å². The van der Waals surface area contributed by atoms with E-state index in [1.165, 1.54) is 12.4 Å². The molecule has 0 aliphatic carbocycles. The average molecular weight is 467 g/mol. The maximum atomic E-state index is 13.2. The van der Waals surface area contributed by atoms with Gasteiger partial charge in [-0.05, 0) is 36.2 Å². The molecule has 2 aromatic carbocycles. The molecule has 0 radical (unpaired) electrons. The van der Waals surface area contributed by atoms with Crippen molar-refractivity contribution >= 4 is 22.5 Å². The number of carbonyl (C=O) groups is 1. The Morgan fingerprint density at radius 3 is 2.66 bits per heavy atom. The zero-order chi connectivity index (χ0) is 23.9. The second-order valence-corrected chi connectivity index (χ2v) is 8.12. The maximum absolute atomic E-state index is 13.2. The van der Waals surface area contributed by atoms with E-state index in [1.807, 2.05) is 37.3 Å². The third kappa shape index (κ3) is 3.48. The number of benzene rings is 2. The van der Waals surface area contributed by atoms with Gasteiger partial charge in [0.05, 0.1) is 16.6 Å². The minimum atomic E-state index is -0.448. The van der Waals surface area contributed by atoms with E-state index >= 15 is 0 Å². The van der Waals surface area contributed by atoms with Gasteiger partial charge in [-0.3, -0.25) is 15.0 Å². The highest BCUT2D eigenvalue weighted by Gasteiger charge is 2.19. The van der Waals surface area contributed by atoms with Crippen LogP contribution in [0.2, 0.25) is 0 Å². The maximum Gasteiger partial charge on any atom is 0.280 e. The van der Waals surface area contributed by atoms with Gasteiger partial charge in [0.25, 0.3) is 11.5 Å². The Bertz CT molecular complexity index is 1660. The summed E-state index contributed by atoms with van der Waals surface area (Å²) in [4.78, 5) is 30.7. The van der Waals surface area contributed by atoms with E-state index in [0.717, 1.165) is 27.9 Å². The lowest BCUT2D eigenvalue weighted by molar-refractivity contribution is 0.101. The molecule has 9 heteroatoms. The number of ether oxygens (including phenoxy) is 2. The summed E-state index contributed by atoms with van der Waals surface area (Å²) in [6.07, 6.45) is 3.78. The van der Waals surface area contributed by atoms with Crippen molar-refractivity contribution in [2.75, 3.05) is 18.6 Å². The Hall–Kier alpha value is -4.66. The van der Waals surface area contributed by atoms with Crippen LogP contribution in [0.25, 0.3) is 27.7 Å². The van der Waals surface area contributed by atoms with Gasteiger partial charge in [0, 0.05) is 23.5 Å². The lowest BCUT2D eigenvalue weighted by Crippen LogP contribution is -2.33. The first kappa shape index (κ1) is 20.9. The molecule has 0 unspecified atom stereocenters. The minimum absolute atomic E-state index is 0.340. The summed E-state index contributed by atoms with van der Waals surface area (Å²) in [5, 5.41) is 5.09. The molecule has 1 amide bonds. The van der Waals surface area contributed by atoms with Crippen molar-refractivity contribution in [3.8, 4) is 22.6 Å². The molecule has 35 heavy (non-hydrogen) atoms. The van der Waals surface area contributed by atoms with Crippen LogP contribution < -0.4 is 20.5 Å². The lowest BCUT2D eigenvalue weighted by Gasteiger charge is -2.18. The predicted molar refractivity (Wildman–Crippen MR) is 131 cm³/mol. The number of amides is 1. The molecule has 174 valence electrons. The molecule has 3 aromatic heterocycles. The van der Waals surface area contributed by atoms with Gasteiger partial charge in [-0.25, -0.2) is 14.2 Å². The average Bonchev–Trinajstić information content (AvgIpc) is 3.29. The molecule has 1 aliphatic heterocycles. The van der Waals surface area contributed by atoms with Gasteiger partial charge in [0.1, 0.15) is 13.2 Å². The smallest absolute Gasteiger partial charge is 0.280 e. The van der Waals surface area contributed by atoms with Crippen LogP contribution in [0, 0.1) is 0 Å². The molecule has 0 saturated carbocycles. The van der Waals surface area contributed by atoms with Gasteiger partial charge in [0.2, 0.25) is 0 Å². The molecule has 0 spiro atoms. The number of fused-ring (bicyclic) bond motifs is 4. The van der Waals surface area contributed by atoms with Crippen molar-refractivity contribution in [1.82, 2.24) is 19.3 Å². The number of nitrogens with zero attached hydrogens (tertiary/aromatic N) is 4. The van der Waals surface area contributed by atoms with Crippen LogP contribution in [0.1, 0.15) is 23.0 Å². The van der Waals surface area contributed by atoms with Crippen LogP contribution in [-0.4, -0.2) is 38.4 Å². The number of aromatic nitrogens is 4. The summed E-state index contributed by atoms with van der Waals surface area (Å²) in [6.45, 7) is 2.93. The number of nitrogens with one attached hydrogen (secondary N) is 1. The third-order valence-corrected chi connectivity index (χ3v) is 6.01. The summed E-state index contributed by atoms with van der Waals surface area (Å²) in [7, 11) is 0. The summed E-state index contributed by atoms with van der Waals surface area (Å²) < 4.78 is 13.9. The largest absolute Gasteiger partial charge is 0.486 e. The van der Waals surface area contributed by atoms with Gasteiger partial charge < -0.3 is 9.47 Å². The molecule has 0 bridgehead atoms. The number of pyridine rings is 1. The fourth-order valence-electron chi connectivity index (χ4n) is 4.31. The monoisotopic (exact) mass is 467 g/mol. The van der Waals surface area contributed by atoms with E-state index in [0.29, 0.717) is 46.8 Å². The number of hydrogen-bond acceptors (Lipinski definition) is 6. The number of aryl methyl sites for hydroxylation is 1. The standard InChI is InChI=1S/C26H21N5O4/c1-2-19-23(16-6-4-3-5-7-16)24-27-15-18-20(31(24)28-19)10-11-30(26(18)33)29-25(32)17-8-9-21-22(14-17)35-13-12-34-21/h3-11,14-15H,2,12-13H2,1H3,(H,29,32). The molecular formula is C26H21N5O4. The second-order valence-electron chi connectivity index (χ2n) is 8.12. The van der Waals surface area contributed by atoms with Crippen LogP contribution in [0.4, 0.5) is 0 Å². The van der Waals surface area contributed by atoms with Crippen LogP contribution in [0.15, 0.2) is 71.8 Å². The fourth-order valence-corrected chi connectivity index (χ4v) is 4.31.